The Bertz CT molecular complexity index is 398. The molecule has 0 heterocycles. The van der Waals surface area contributed by atoms with Crippen molar-refractivity contribution in [3.05, 3.63) is 0 Å². The molecule has 4 rings (SSSR count). The van der Waals surface area contributed by atoms with Crippen molar-refractivity contribution in [2.45, 2.75) is 66.2 Å². The third kappa shape index (κ3) is 2.81. The number of rotatable bonds is 6. The number of carbonyl (C=O) groups is 1. The molecule has 0 aromatic carbocycles. The second-order valence-corrected chi connectivity index (χ2v) is 8.95. The van der Waals surface area contributed by atoms with Gasteiger partial charge in [-0.05, 0) is 81.5 Å². The fourth-order valence-electron chi connectivity index (χ4n) is 5.19. The second kappa shape index (κ2) is 5.81. The van der Waals surface area contributed by atoms with Crippen LogP contribution in [-0.4, -0.2) is 19.4 Å². The Morgan fingerprint density at radius 1 is 1.09 bits per heavy atom. The van der Waals surface area contributed by atoms with Crippen LogP contribution in [0.1, 0.15) is 66.2 Å². The highest BCUT2D eigenvalue weighted by Gasteiger charge is 2.54. The molecule has 0 aliphatic heterocycles. The van der Waals surface area contributed by atoms with E-state index in [2.05, 4.69) is 6.92 Å². The molecule has 0 saturated heterocycles. The Morgan fingerprint density at radius 2 is 1.64 bits per heavy atom. The Hall–Kier alpha value is -0.570. The quantitative estimate of drug-likeness (QED) is 0.414. The van der Waals surface area contributed by atoms with Crippen LogP contribution in [0, 0.1) is 34.5 Å². The van der Waals surface area contributed by atoms with Crippen LogP contribution in [0.3, 0.4) is 0 Å². The molecule has 0 spiro atoms. The van der Waals surface area contributed by atoms with E-state index in [1.165, 1.54) is 32.1 Å². The molecule has 0 radical (unpaired) electrons. The van der Waals surface area contributed by atoms with Gasteiger partial charge in [-0.25, -0.2) is 0 Å². The van der Waals surface area contributed by atoms with Gasteiger partial charge in [-0.1, -0.05) is 13.8 Å². The van der Waals surface area contributed by atoms with Gasteiger partial charge in [0.25, 0.3) is 0 Å². The van der Waals surface area contributed by atoms with Crippen molar-refractivity contribution in [1.29, 1.82) is 0 Å². The van der Waals surface area contributed by atoms with Crippen molar-refractivity contribution in [3.63, 3.8) is 0 Å². The fourth-order valence-corrected chi connectivity index (χ4v) is 5.19. The van der Waals surface area contributed by atoms with E-state index in [0.717, 1.165) is 36.7 Å². The first-order chi connectivity index (χ1) is 10.3. The molecular weight excluding hydrogens is 276 g/mol. The minimum atomic E-state index is -0.407. The third-order valence-electron chi connectivity index (χ3n) is 7.13. The smallest absolute Gasteiger partial charge is 0.313 e. The topological polar surface area (TPSA) is 35.5 Å². The third-order valence-corrected chi connectivity index (χ3v) is 7.13. The van der Waals surface area contributed by atoms with Gasteiger partial charge in [0.2, 0.25) is 0 Å². The van der Waals surface area contributed by atoms with Crippen LogP contribution in [0.5, 0.6) is 0 Å². The van der Waals surface area contributed by atoms with E-state index >= 15 is 0 Å². The van der Waals surface area contributed by atoms with Crippen LogP contribution >= 0.6 is 0 Å². The summed E-state index contributed by atoms with van der Waals surface area (Å²) in [6, 6.07) is 0. The maximum atomic E-state index is 12.0. The highest BCUT2D eigenvalue weighted by atomic mass is 16.7. The zero-order valence-corrected chi connectivity index (χ0v) is 14.7. The minimum absolute atomic E-state index is 0.115. The molecule has 0 aromatic heterocycles. The van der Waals surface area contributed by atoms with Gasteiger partial charge in [0, 0.05) is 0 Å². The molecule has 22 heavy (non-hydrogen) atoms. The van der Waals surface area contributed by atoms with Gasteiger partial charge in [-0.2, -0.15) is 0 Å². The number of hydrogen-bond donors (Lipinski definition) is 0. The molecule has 3 heteroatoms. The van der Waals surface area contributed by atoms with Crippen molar-refractivity contribution in [2.75, 3.05) is 13.4 Å². The molecule has 4 aliphatic carbocycles. The number of carbonyl (C=O) groups excluding carboxylic acids is 1. The van der Waals surface area contributed by atoms with Crippen LogP contribution in [-0.2, 0) is 14.3 Å². The van der Waals surface area contributed by atoms with E-state index in [1.54, 1.807) is 0 Å². The maximum Gasteiger partial charge on any atom is 0.313 e. The molecule has 0 N–H and O–H groups in total. The van der Waals surface area contributed by atoms with E-state index in [0.29, 0.717) is 5.41 Å². The summed E-state index contributed by atoms with van der Waals surface area (Å²) in [7, 11) is 0. The molecule has 4 saturated carbocycles. The highest BCUT2D eigenvalue weighted by molar-refractivity contribution is 5.75. The first-order valence-electron chi connectivity index (χ1n) is 9.10. The number of hydrogen-bond acceptors (Lipinski definition) is 3. The minimum Gasteiger partial charge on any atom is -0.438 e. The van der Waals surface area contributed by atoms with Gasteiger partial charge in [-0.15, -0.1) is 0 Å². The van der Waals surface area contributed by atoms with Crippen molar-refractivity contribution < 1.29 is 14.3 Å². The Morgan fingerprint density at radius 3 is 2.14 bits per heavy atom. The first-order valence-corrected chi connectivity index (χ1v) is 9.10. The normalized spacial score (nSPS) is 40.0. The second-order valence-electron chi connectivity index (χ2n) is 8.95. The zero-order chi connectivity index (χ0) is 16.0. The fraction of sp³-hybridized carbons (Fsp3) is 0.947. The molecule has 4 bridgehead atoms. The monoisotopic (exact) mass is 308 g/mol. The van der Waals surface area contributed by atoms with Gasteiger partial charge < -0.3 is 9.47 Å². The Kier molecular flexibility index (Phi) is 4.30. The SMILES string of the molecule is CCC(C)(C)C(=O)OCOCC1(C)C2CC3CC(C2)CC1C3. The summed E-state index contributed by atoms with van der Waals surface area (Å²) < 4.78 is 11.2. The van der Waals surface area contributed by atoms with Gasteiger partial charge in [0.1, 0.15) is 0 Å². The lowest BCUT2D eigenvalue weighted by molar-refractivity contribution is -0.181. The molecule has 3 nitrogen and oxygen atoms in total. The lowest BCUT2D eigenvalue weighted by atomic mass is 9.46. The summed E-state index contributed by atoms with van der Waals surface area (Å²) in [5.74, 6) is 3.47. The number of ether oxygens (including phenoxy) is 2. The standard InChI is InChI=1S/C19H32O3/c1-5-18(2,3)17(20)22-12-21-11-19(4)15-7-13-6-14(9-15)10-16(19)8-13/h13-16H,5-12H2,1-4H3. The molecule has 0 atom stereocenters. The van der Waals surface area contributed by atoms with E-state index in [4.69, 9.17) is 9.47 Å². The number of esters is 1. The van der Waals surface area contributed by atoms with E-state index in [1.807, 2.05) is 20.8 Å². The van der Waals surface area contributed by atoms with Gasteiger partial charge in [-0.3, -0.25) is 4.79 Å². The lowest BCUT2D eigenvalue weighted by Crippen LogP contribution is -2.53. The van der Waals surface area contributed by atoms with Crippen LogP contribution in [0.4, 0.5) is 0 Å². The summed E-state index contributed by atoms with van der Waals surface area (Å²) in [5.41, 5.74) is -0.101. The molecule has 4 fully saturated rings. The summed E-state index contributed by atoms with van der Waals surface area (Å²) in [6.45, 7) is 9.14. The average molecular weight is 308 g/mol. The van der Waals surface area contributed by atoms with Crippen LogP contribution in [0.15, 0.2) is 0 Å². The zero-order valence-electron chi connectivity index (χ0n) is 14.7. The van der Waals surface area contributed by atoms with Crippen molar-refractivity contribution in [2.24, 2.45) is 34.5 Å². The molecule has 4 aliphatic rings. The predicted octanol–water partition coefficient (Wildman–Crippen LogP) is 4.40. The van der Waals surface area contributed by atoms with Gasteiger partial charge >= 0.3 is 5.97 Å². The predicted molar refractivity (Wildman–Crippen MR) is 86.1 cm³/mol. The lowest BCUT2D eigenvalue weighted by Gasteiger charge is -2.60. The van der Waals surface area contributed by atoms with Gasteiger partial charge in [0.15, 0.2) is 6.79 Å². The Balaban J connectivity index is 1.49. The molecule has 0 unspecified atom stereocenters. The van der Waals surface area contributed by atoms with E-state index in [9.17, 15) is 4.79 Å². The molecule has 126 valence electrons. The van der Waals surface area contributed by atoms with Crippen molar-refractivity contribution in [3.8, 4) is 0 Å². The summed E-state index contributed by atoms with van der Waals surface area (Å²) in [6.07, 6.45) is 7.86. The largest absolute Gasteiger partial charge is 0.438 e. The molecular formula is C19H32O3. The van der Waals surface area contributed by atoms with Crippen LogP contribution in [0.25, 0.3) is 0 Å². The van der Waals surface area contributed by atoms with Gasteiger partial charge in [0.05, 0.1) is 12.0 Å². The van der Waals surface area contributed by atoms with Crippen LogP contribution in [0.2, 0.25) is 0 Å². The summed E-state index contributed by atoms with van der Waals surface area (Å²) >= 11 is 0. The highest BCUT2D eigenvalue weighted by Crippen LogP contribution is 2.62. The average Bonchev–Trinajstić information content (AvgIpc) is 2.48. The van der Waals surface area contributed by atoms with Crippen molar-refractivity contribution in [1.82, 2.24) is 0 Å². The first kappa shape index (κ1) is 16.3. The molecule has 0 amide bonds. The van der Waals surface area contributed by atoms with Crippen molar-refractivity contribution >= 4 is 5.97 Å². The molecule has 0 aromatic rings. The van der Waals surface area contributed by atoms with Crippen LogP contribution < -0.4 is 0 Å². The maximum absolute atomic E-state index is 12.0. The summed E-state index contributed by atoms with van der Waals surface area (Å²) in [4.78, 5) is 12.0. The summed E-state index contributed by atoms with van der Waals surface area (Å²) in [5, 5.41) is 0. The Labute approximate surface area is 135 Å². The van der Waals surface area contributed by atoms with E-state index < -0.39 is 5.41 Å². The van der Waals surface area contributed by atoms with E-state index in [-0.39, 0.29) is 12.8 Å².